The number of aryl methyl sites for hydroxylation is 1. The van der Waals surface area contributed by atoms with Gasteiger partial charge in [-0.05, 0) is 31.9 Å². The first-order valence-corrected chi connectivity index (χ1v) is 6.95. The van der Waals surface area contributed by atoms with Crippen LogP contribution in [-0.2, 0) is 0 Å². The van der Waals surface area contributed by atoms with Crippen LogP contribution >= 0.6 is 11.3 Å². The molecule has 1 amide bonds. The van der Waals surface area contributed by atoms with E-state index < -0.39 is 0 Å². The Morgan fingerprint density at radius 1 is 1.50 bits per heavy atom. The minimum absolute atomic E-state index is 0.0736. The van der Waals surface area contributed by atoms with E-state index in [0.29, 0.717) is 0 Å². The van der Waals surface area contributed by atoms with E-state index in [1.54, 1.807) is 0 Å². The van der Waals surface area contributed by atoms with E-state index in [4.69, 9.17) is 5.11 Å². The highest BCUT2D eigenvalue weighted by Crippen LogP contribution is 2.22. The molecule has 1 aromatic heterocycles. The summed E-state index contributed by atoms with van der Waals surface area (Å²) >= 11 is 1.40. The smallest absolute Gasteiger partial charge is 0.263 e. The van der Waals surface area contributed by atoms with Gasteiger partial charge in [-0.25, -0.2) is 0 Å². The molecule has 4 heteroatoms. The van der Waals surface area contributed by atoms with Crippen LogP contribution in [0.4, 0.5) is 0 Å². The molecule has 0 spiro atoms. The largest absolute Gasteiger partial charge is 0.384 e. The van der Waals surface area contributed by atoms with Crippen LogP contribution in [0.25, 0.3) is 0 Å². The zero-order valence-electron chi connectivity index (χ0n) is 11.1. The van der Waals surface area contributed by atoms with Gasteiger partial charge in [0.2, 0.25) is 0 Å². The highest BCUT2D eigenvalue weighted by molar-refractivity contribution is 7.14. The van der Waals surface area contributed by atoms with Crippen LogP contribution in [0, 0.1) is 18.8 Å². The number of amides is 1. The summed E-state index contributed by atoms with van der Waals surface area (Å²) < 4.78 is 0. The molecule has 0 aliphatic heterocycles. The molecule has 0 saturated heterocycles. The van der Waals surface area contributed by atoms with Gasteiger partial charge in [0.05, 0.1) is 9.75 Å². The second kappa shape index (κ2) is 7.20. The Morgan fingerprint density at radius 2 is 2.22 bits per heavy atom. The average molecular weight is 265 g/mol. The van der Waals surface area contributed by atoms with Crippen molar-refractivity contribution in [2.75, 3.05) is 19.7 Å². The minimum Gasteiger partial charge on any atom is -0.384 e. The lowest BCUT2D eigenvalue weighted by molar-refractivity contribution is 0.0769. The lowest BCUT2D eigenvalue weighted by Crippen LogP contribution is -2.30. The Kier molecular flexibility index (Phi) is 5.90. The standard InChI is InChI=1S/C14H19NO2S/c1-4-8-15(5-2)14(17)13-10-11(3)12(18-13)7-6-9-16/h10,16H,4-5,8-9H2,1-3H3. The van der Waals surface area contributed by atoms with E-state index in [1.165, 1.54) is 11.3 Å². The van der Waals surface area contributed by atoms with Gasteiger partial charge in [0, 0.05) is 13.1 Å². The van der Waals surface area contributed by atoms with Gasteiger partial charge >= 0.3 is 0 Å². The fraction of sp³-hybridized carbons (Fsp3) is 0.500. The number of hydrogen-bond acceptors (Lipinski definition) is 3. The zero-order valence-corrected chi connectivity index (χ0v) is 11.9. The van der Waals surface area contributed by atoms with E-state index in [-0.39, 0.29) is 12.5 Å². The summed E-state index contributed by atoms with van der Waals surface area (Å²) in [5.74, 6) is 5.57. The molecule has 1 aromatic rings. The molecule has 98 valence electrons. The highest BCUT2D eigenvalue weighted by Gasteiger charge is 2.16. The Bertz CT molecular complexity index is 468. The quantitative estimate of drug-likeness (QED) is 0.848. The minimum atomic E-state index is -0.155. The predicted octanol–water partition coefficient (Wildman–Crippen LogP) is 2.27. The number of thiophene rings is 1. The van der Waals surface area contributed by atoms with Crippen molar-refractivity contribution in [2.24, 2.45) is 0 Å². The third-order valence-corrected chi connectivity index (χ3v) is 3.71. The number of nitrogens with zero attached hydrogens (tertiary/aromatic N) is 1. The van der Waals surface area contributed by atoms with Crippen LogP contribution in [0.3, 0.4) is 0 Å². The molecule has 1 rings (SSSR count). The predicted molar refractivity (Wildman–Crippen MR) is 74.9 cm³/mol. The lowest BCUT2D eigenvalue weighted by Gasteiger charge is -2.18. The summed E-state index contributed by atoms with van der Waals surface area (Å²) in [5, 5.41) is 8.69. The highest BCUT2D eigenvalue weighted by atomic mass is 32.1. The summed E-state index contributed by atoms with van der Waals surface area (Å²) in [6.45, 7) is 7.34. The van der Waals surface area contributed by atoms with Gasteiger partial charge in [0.15, 0.2) is 0 Å². The van der Waals surface area contributed by atoms with Gasteiger partial charge in [0.25, 0.3) is 5.91 Å². The number of hydrogen-bond donors (Lipinski definition) is 1. The zero-order chi connectivity index (χ0) is 13.5. The van der Waals surface area contributed by atoms with E-state index in [2.05, 4.69) is 18.8 Å². The molecule has 0 aliphatic carbocycles. The summed E-state index contributed by atoms with van der Waals surface area (Å²) in [7, 11) is 0. The van der Waals surface area contributed by atoms with Crippen molar-refractivity contribution in [1.82, 2.24) is 4.90 Å². The Hall–Kier alpha value is -1.31. The number of rotatable bonds is 4. The molecule has 18 heavy (non-hydrogen) atoms. The molecule has 1 N–H and O–H groups in total. The molecule has 1 heterocycles. The first-order valence-electron chi connectivity index (χ1n) is 6.13. The lowest BCUT2D eigenvalue weighted by atomic mass is 10.2. The van der Waals surface area contributed by atoms with Gasteiger partial charge in [-0.3, -0.25) is 4.79 Å². The summed E-state index contributed by atoms with van der Waals surface area (Å²) in [4.78, 5) is 15.7. The second-order valence-corrected chi connectivity index (χ2v) is 5.02. The van der Waals surface area contributed by atoms with Gasteiger partial charge in [0.1, 0.15) is 6.61 Å². The molecule has 0 aliphatic rings. The normalized spacial score (nSPS) is 9.78. The SMILES string of the molecule is CCCN(CC)C(=O)c1cc(C)c(C#CCO)s1. The van der Waals surface area contributed by atoms with Crippen LogP contribution in [0.5, 0.6) is 0 Å². The molecule has 0 saturated carbocycles. The number of carbonyl (C=O) groups is 1. The molecule has 0 fully saturated rings. The molecular weight excluding hydrogens is 246 g/mol. The number of aliphatic hydroxyl groups is 1. The molecule has 0 aromatic carbocycles. The Morgan fingerprint density at radius 3 is 2.78 bits per heavy atom. The van der Waals surface area contributed by atoms with Crippen molar-refractivity contribution in [3.63, 3.8) is 0 Å². The first-order chi connectivity index (χ1) is 8.63. The van der Waals surface area contributed by atoms with Crippen molar-refractivity contribution in [1.29, 1.82) is 0 Å². The number of aliphatic hydroxyl groups excluding tert-OH is 1. The maximum Gasteiger partial charge on any atom is 0.263 e. The van der Waals surface area contributed by atoms with Crippen LogP contribution in [0.1, 0.15) is 40.4 Å². The molecule has 0 unspecified atom stereocenters. The van der Waals surface area contributed by atoms with Crippen molar-refractivity contribution in [3.05, 3.63) is 21.4 Å². The first kappa shape index (κ1) is 14.7. The average Bonchev–Trinajstić information content (AvgIpc) is 2.74. The topological polar surface area (TPSA) is 40.5 Å². The fourth-order valence-corrected chi connectivity index (χ4v) is 2.68. The van der Waals surface area contributed by atoms with Crippen LogP contribution in [-0.4, -0.2) is 35.6 Å². The van der Waals surface area contributed by atoms with Crippen molar-refractivity contribution in [2.45, 2.75) is 27.2 Å². The second-order valence-electron chi connectivity index (χ2n) is 3.97. The van der Waals surface area contributed by atoms with Crippen LogP contribution in [0.2, 0.25) is 0 Å². The molecule has 0 radical (unpaired) electrons. The molecule has 3 nitrogen and oxygen atoms in total. The fourth-order valence-electron chi connectivity index (χ4n) is 1.66. The molecule has 0 bridgehead atoms. The van der Waals surface area contributed by atoms with E-state index in [9.17, 15) is 4.79 Å². The third-order valence-electron chi connectivity index (χ3n) is 2.57. The summed E-state index contributed by atoms with van der Waals surface area (Å²) in [6.07, 6.45) is 0.959. The van der Waals surface area contributed by atoms with Crippen molar-refractivity contribution < 1.29 is 9.90 Å². The molecule has 0 atom stereocenters. The summed E-state index contributed by atoms with van der Waals surface area (Å²) in [6, 6.07) is 1.88. The van der Waals surface area contributed by atoms with Gasteiger partial charge in [-0.2, -0.15) is 0 Å². The Labute approximate surface area is 112 Å². The van der Waals surface area contributed by atoms with Crippen LogP contribution < -0.4 is 0 Å². The third kappa shape index (κ3) is 3.59. The maximum atomic E-state index is 12.2. The maximum absolute atomic E-state index is 12.2. The molecular formula is C14H19NO2S. The van der Waals surface area contributed by atoms with E-state index in [1.807, 2.05) is 24.8 Å². The van der Waals surface area contributed by atoms with Gasteiger partial charge in [-0.1, -0.05) is 18.8 Å². The van der Waals surface area contributed by atoms with Gasteiger partial charge < -0.3 is 10.0 Å². The van der Waals surface area contributed by atoms with Gasteiger partial charge in [-0.15, -0.1) is 11.3 Å². The van der Waals surface area contributed by atoms with Crippen LogP contribution in [0.15, 0.2) is 6.07 Å². The van der Waals surface area contributed by atoms with Crippen molar-refractivity contribution in [3.8, 4) is 11.8 Å². The Balaban J connectivity index is 2.93. The monoisotopic (exact) mass is 265 g/mol. The summed E-state index contributed by atoms with van der Waals surface area (Å²) in [5.41, 5.74) is 0.997. The van der Waals surface area contributed by atoms with E-state index in [0.717, 1.165) is 34.8 Å². The van der Waals surface area contributed by atoms with Crippen molar-refractivity contribution >= 4 is 17.2 Å². The number of carbonyl (C=O) groups excluding carboxylic acids is 1. The van der Waals surface area contributed by atoms with E-state index >= 15 is 0 Å².